The van der Waals surface area contributed by atoms with Crippen molar-refractivity contribution in [1.82, 2.24) is 0 Å². The Morgan fingerprint density at radius 2 is 2.12 bits per heavy atom. The first kappa shape index (κ1) is 13.4. The van der Waals surface area contributed by atoms with Crippen molar-refractivity contribution in [1.29, 1.82) is 0 Å². The van der Waals surface area contributed by atoms with E-state index in [1.807, 2.05) is 24.3 Å². The molecule has 16 heavy (non-hydrogen) atoms. The molecule has 0 radical (unpaired) electrons. The third-order valence-corrected chi connectivity index (χ3v) is 3.51. The van der Waals surface area contributed by atoms with Gasteiger partial charge in [0.15, 0.2) is 0 Å². The largest absolute Gasteiger partial charge is 0.493 e. The molecule has 1 N–H and O–H groups in total. The molecule has 0 aliphatic rings. The zero-order valence-electron chi connectivity index (χ0n) is 8.85. The molecule has 1 unspecified atom stereocenters. The van der Waals surface area contributed by atoms with Crippen LogP contribution in [0.25, 0.3) is 0 Å². The Labute approximate surface area is 107 Å². The molecule has 0 saturated carbocycles. The average Bonchev–Trinajstić information content (AvgIpc) is 2.26. The predicted octanol–water partition coefficient (Wildman–Crippen LogP) is 3.03. The number of rotatable bonds is 6. The highest BCUT2D eigenvalue weighted by Gasteiger charge is 2.10. The van der Waals surface area contributed by atoms with Crippen molar-refractivity contribution >= 4 is 33.7 Å². The van der Waals surface area contributed by atoms with E-state index in [4.69, 9.17) is 9.84 Å². The van der Waals surface area contributed by atoms with Crippen molar-refractivity contribution in [3.8, 4) is 5.75 Å². The number of ether oxygens (including phenoxy) is 1. The molecule has 0 fully saturated rings. The van der Waals surface area contributed by atoms with Crippen molar-refractivity contribution < 1.29 is 14.6 Å². The molecule has 0 aromatic heterocycles. The third kappa shape index (κ3) is 4.90. The summed E-state index contributed by atoms with van der Waals surface area (Å²) in [4.78, 5) is 10.5. The van der Waals surface area contributed by atoms with Gasteiger partial charge in [-0.3, -0.25) is 4.79 Å². The van der Waals surface area contributed by atoms with Crippen molar-refractivity contribution in [2.45, 2.75) is 12.2 Å². The normalized spacial score (nSPS) is 12.1. The molecule has 0 saturated heterocycles. The number of aliphatic carboxylic acids is 1. The van der Waals surface area contributed by atoms with Crippen LogP contribution in [-0.2, 0) is 4.79 Å². The topological polar surface area (TPSA) is 46.5 Å². The van der Waals surface area contributed by atoms with Crippen LogP contribution < -0.4 is 4.74 Å². The first-order chi connectivity index (χ1) is 7.59. The molecule has 0 spiro atoms. The van der Waals surface area contributed by atoms with Gasteiger partial charge in [-0.05, 0) is 31.2 Å². The van der Waals surface area contributed by atoms with Crippen LogP contribution in [0.4, 0.5) is 0 Å². The van der Waals surface area contributed by atoms with Crippen LogP contribution in [-0.4, -0.2) is 28.7 Å². The zero-order valence-corrected chi connectivity index (χ0v) is 11.3. The van der Waals surface area contributed by atoms with Crippen LogP contribution in [0.2, 0.25) is 0 Å². The lowest BCUT2D eigenvalue weighted by Crippen LogP contribution is -2.13. The van der Waals surface area contributed by atoms with Gasteiger partial charge in [-0.25, -0.2) is 0 Å². The summed E-state index contributed by atoms with van der Waals surface area (Å²) in [6, 6.07) is 7.55. The summed E-state index contributed by atoms with van der Waals surface area (Å²) in [5.41, 5.74) is 0. The van der Waals surface area contributed by atoms with E-state index < -0.39 is 5.97 Å². The molecule has 0 aliphatic carbocycles. The second kappa shape index (κ2) is 6.81. The van der Waals surface area contributed by atoms with E-state index in [1.54, 1.807) is 6.92 Å². The summed E-state index contributed by atoms with van der Waals surface area (Å²) in [5.74, 6) is 0.684. The smallest absolute Gasteiger partial charge is 0.316 e. The highest BCUT2D eigenvalue weighted by atomic mass is 79.9. The molecule has 0 aliphatic heterocycles. The first-order valence-corrected chi connectivity index (χ1v) is 6.66. The second-order valence-electron chi connectivity index (χ2n) is 3.15. The van der Waals surface area contributed by atoms with E-state index in [9.17, 15) is 4.79 Å². The van der Waals surface area contributed by atoms with Gasteiger partial charge in [-0.15, -0.1) is 11.8 Å². The zero-order chi connectivity index (χ0) is 12.0. The maximum Gasteiger partial charge on any atom is 0.316 e. The van der Waals surface area contributed by atoms with E-state index in [1.165, 1.54) is 11.8 Å². The molecule has 0 heterocycles. The van der Waals surface area contributed by atoms with Gasteiger partial charge in [-0.1, -0.05) is 15.9 Å². The highest BCUT2D eigenvalue weighted by molar-refractivity contribution is 9.10. The van der Waals surface area contributed by atoms with Crippen LogP contribution in [0.15, 0.2) is 28.7 Å². The number of hydrogen-bond acceptors (Lipinski definition) is 3. The Morgan fingerprint density at radius 3 is 2.69 bits per heavy atom. The van der Waals surface area contributed by atoms with Gasteiger partial charge in [0.1, 0.15) is 5.75 Å². The molecular weight excluding hydrogens is 292 g/mol. The fraction of sp³-hybridized carbons (Fsp3) is 0.364. The number of thioether (sulfide) groups is 1. The number of halogens is 1. The number of hydrogen-bond donors (Lipinski definition) is 1. The fourth-order valence-corrected chi connectivity index (χ4v) is 1.93. The fourth-order valence-electron chi connectivity index (χ4n) is 0.987. The third-order valence-electron chi connectivity index (χ3n) is 1.88. The van der Waals surface area contributed by atoms with Gasteiger partial charge in [-0.2, -0.15) is 0 Å². The Balaban J connectivity index is 2.21. The minimum atomic E-state index is -0.784. The molecule has 1 atom stereocenters. The average molecular weight is 305 g/mol. The van der Waals surface area contributed by atoms with Crippen molar-refractivity contribution in [2.75, 3.05) is 12.4 Å². The number of carboxylic acids is 1. The molecule has 88 valence electrons. The van der Waals surface area contributed by atoms with Crippen LogP contribution in [0.1, 0.15) is 6.92 Å². The Hall–Kier alpha value is -0.680. The van der Waals surface area contributed by atoms with E-state index in [0.29, 0.717) is 12.4 Å². The summed E-state index contributed by atoms with van der Waals surface area (Å²) in [6.45, 7) is 2.19. The molecule has 1 aromatic rings. The lowest BCUT2D eigenvalue weighted by Gasteiger charge is -2.08. The van der Waals surface area contributed by atoms with Crippen molar-refractivity contribution in [3.05, 3.63) is 28.7 Å². The van der Waals surface area contributed by atoms with Crippen molar-refractivity contribution in [2.24, 2.45) is 0 Å². The second-order valence-corrected chi connectivity index (χ2v) is 5.52. The van der Waals surface area contributed by atoms with E-state index in [0.717, 1.165) is 10.2 Å². The molecule has 1 aromatic carbocycles. The monoisotopic (exact) mass is 304 g/mol. The SMILES string of the molecule is CC(SCCOc1ccc(Br)cc1)C(=O)O. The standard InChI is InChI=1S/C11H13BrO3S/c1-8(11(13)14)16-7-6-15-10-4-2-9(12)3-5-10/h2-5,8H,6-7H2,1H3,(H,13,14). The summed E-state index contributed by atoms with van der Waals surface area (Å²) < 4.78 is 6.46. The minimum Gasteiger partial charge on any atom is -0.493 e. The molecule has 1 rings (SSSR count). The summed E-state index contributed by atoms with van der Waals surface area (Å²) in [7, 11) is 0. The summed E-state index contributed by atoms with van der Waals surface area (Å²) in [5, 5.41) is 8.28. The number of carboxylic acid groups (broad SMARTS) is 1. The molecular formula is C11H13BrO3S. The van der Waals surface area contributed by atoms with E-state index >= 15 is 0 Å². The van der Waals surface area contributed by atoms with Crippen LogP contribution >= 0.6 is 27.7 Å². The van der Waals surface area contributed by atoms with Gasteiger partial charge in [0.25, 0.3) is 0 Å². The molecule has 0 bridgehead atoms. The van der Waals surface area contributed by atoms with E-state index in [2.05, 4.69) is 15.9 Å². The number of benzene rings is 1. The Bertz CT molecular complexity index is 340. The first-order valence-electron chi connectivity index (χ1n) is 4.82. The minimum absolute atomic E-state index is 0.381. The molecule has 0 amide bonds. The van der Waals surface area contributed by atoms with Gasteiger partial charge in [0, 0.05) is 10.2 Å². The lowest BCUT2D eigenvalue weighted by atomic mass is 10.3. The van der Waals surface area contributed by atoms with Crippen LogP contribution in [0.5, 0.6) is 5.75 Å². The van der Waals surface area contributed by atoms with Crippen LogP contribution in [0, 0.1) is 0 Å². The van der Waals surface area contributed by atoms with Gasteiger partial charge >= 0.3 is 5.97 Å². The van der Waals surface area contributed by atoms with Gasteiger partial charge in [0.05, 0.1) is 11.9 Å². The quantitative estimate of drug-likeness (QED) is 0.821. The van der Waals surface area contributed by atoms with E-state index in [-0.39, 0.29) is 5.25 Å². The van der Waals surface area contributed by atoms with Crippen molar-refractivity contribution in [3.63, 3.8) is 0 Å². The molecule has 3 nitrogen and oxygen atoms in total. The summed E-state index contributed by atoms with van der Waals surface area (Å²) >= 11 is 4.71. The lowest BCUT2D eigenvalue weighted by molar-refractivity contribution is -0.136. The number of carbonyl (C=O) groups is 1. The maximum absolute atomic E-state index is 10.5. The van der Waals surface area contributed by atoms with Gasteiger partial charge in [0.2, 0.25) is 0 Å². The molecule has 5 heteroatoms. The van der Waals surface area contributed by atoms with Gasteiger partial charge < -0.3 is 9.84 Å². The Kier molecular flexibility index (Phi) is 5.69. The Morgan fingerprint density at radius 1 is 1.50 bits per heavy atom. The highest BCUT2D eigenvalue weighted by Crippen LogP contribution is 2.17. The maximum atomic E-state index is 10.5. The summed E-state index contributed by atoms with van der Waals surface area (Å²) in [6.07, 6.45) is 0. The predicted molar refractivity (Wildman–Crippen MR) is 69.2 cm³/mol. The van der Waals surface area contributed by atoms with Crippen LogP contribution in [0.3, 0.4) is 0 Å².